The Kier molecular flexibility index (Phi) is 3.77. The number of hydrogen-bond acceptors (Lipinski definition) is 4. The predicted octanol–water partition coefficient (Wildman–Crippen LogP) is 3.19. The lowest BCUT2D eigenvalue weighted by Gasteiger charge is -2.07. The maximum Gasteiger partial charge on any atom is 0.127 e. The lowest BCUT2D eigenvalue weighted by atomic mass is 10.3. The number of thiophene rings is 1. The molecule has 0 saturated heterocycles. The van der Waals surface area contributed by atoms with Gasteiger partial charge in [0.25, 0.3) is 0 Å². The summed E-state index contributed by atoms with van der Waals surface area (Å²) in [4.78, 5) is 4.23. The quantitative estimate of drug-likeness (QED) is 0.832. The van der Waals surface area contributed by atoms with E-state index < -0.39 is 0 Å². The maximum absolute atomic E-state index is 4.23. The first-order valence-corrected chi connectivity index (χ1v) is 6.27. The van der Waals surface area contributed by atoms with Gasteiger partial charge in [0.05, 0.1) is 0 Å². The van der Waals surface area contributed by atoms with Crippen LogP contribution in [-0.4, -0.2) is 11.5 Å². The van der Waals surface area contributed by atoms with E-state index in [1.165, 1.54) is 5.56 Å². The lowest BCUT2D eigenvalue weighted by Crippen LogP contribution is -2.02. The Balaban J connectivity index is 1.96. The standard InChI is InChI=1S/C12H15N3S/c1-2-13-12-7-11(3-5-14-12)15-8-10-4-6-16-9-10/h3-7,9H,2,8H2,1H3,(H2,13,14,15). The molecule has 0 bridgehead atoms. The molecule has 0 spiro atoms. The van der Waals surface area contributed by atoms with Crippen LogP contribution in [0.2, 0.25) is 0 Å². The van der Waals surface area contributed by atoms with Crippen LogP contribution in [0.5, 0.6) is 0 Å². The van der Waals surface area contributed by atoms with Crippen LogP contribution in [-0.2, 0) is 6.54 Å². The molecule has 2 N–H and O–H groups in total. The Labute approximate surface area is 99.5 Å². The summed E-state index contributed by atoms with van der Waals surface area (Å²) in [5.41, 5.74) is 2.41. The van der Waals surface area contributed by atoms with E-state index in [1.54, 1.807) is 11.3 Å². The molecule has 2 aromatic heterocycles. The molecule has 0 aliphatic carbocycles. The number of pyridine rings is 1. The fourth-order valence-electron chi connectivity index (χ4n) is 1.42. The zero-order chi connectivity index (χ0) is 11.2. The Bertz CT molecular complexity index is 426. The minimum Gasteiger partial charge on any atom is -0.381 e. The number of nitrogens with one attached hydrogen (secondary N) is 2. The van der Waals surface area contributed by atoms with Crippen LogP contribution in [0.3, 0.4) is 0 Å². The van der Waals surface area contributed by atoms with Gasteiger partial charge in [0.2, 0.25) is 0 Å². The molecule has 2 rings (SSSR count). The second-order valence-electron chi connectivity index (χ2n) is 3.45. The summed E-state index contributed by atoms with van der Waals surface area (Å²) in [5.74, 6) is 0.915. The molecule has 0 radical (unpaired) electrons. The van der Waals surface area contributed by atoms with Crippen molar-refractivity contribution in [3.8, 4) is 0 Å². The van der Waals surface area contributed by atoms with Crippen molar-refractivity contribution in [2.75, 3.05) is 17.2 Å². The summed E-state index contributed by atoms with van der Waals surface area (Å²) in [6.45, 7) is 3.81. The van der Waals surface area contributed by atoms with Crippen LogP contribution >= 0.6 is 11.3 Å². The summed E-state index contributed by atoms with van der Waals surface area (Å²) in [6.07, 6.45) is 1.81. The SMILES string of the molecule is CCNc1cc(NCc2ccsc2)ccn1. The van der Waals surface area contributed by atoms with E-state index in [0.717, 1.165) is 24.6 Å². The molecule has 84 valence electrons. The van der Waals surface area contributed by atoms with E-state index in [-0.39, 0.29) is 0 Å². The van der Waals surface area contributed by atoms with Crippen molar-refractivity contribution in [2.45, 2.75) is 13.5 Å². The van der Waals surface area contributed by atoms with Gasteiger partial charge in [-0.15, -0.1) is 0 Å². The minimum atomic E-state index is 0.860. The number of anilines is 2. The van der Waals surface area contributed by atoms with Crippen LogP contribution in [0.1, 0.15) is 12.5 Å². The van der Waals surface area contributed by atoms with Crippen molar-refractivity contribution >= 4 is 22.8 Å². The minimum absolute atomic E-state index is 0.860. The van der Waals surface area contributed by atoms with E-state index >= 15 is 0 Å². The van der Waals surface area contributed by atoms with Crippen LogP contribution < -0.4 is 10.6 Å². The highest BCUT2D eigenvalue weighted by Gasteiger charge is 1.96. The van der Waals surface area contributed by atoms with E-state index in [1.807, 2.05) is 18.3 Å². The predicted molar refractivity (Wildman–Crippen MR) is 70.0 cm³/mol. The highest BCUT2D eigenvalue weighted by molar-refractivity contribution is 7.07. The average Bonchev–Trinajstić information content (AvgIpc) is 2.80. The van der Waals surface area contributed by atoms with Gasteiger partial charge in [-0.1, -0.05) is 0 Å². The summed E-state index contributed by atoms with van der Waals surface area (Å²) in [7, 11) is 0. The van der Waals surface area contributed by atoms with Gasteiger partial charge >= 0.3 is 0 Å². The summed E-state index contributed by atoms with van der Waals surface area (Å²) < 4.78 is 0. The van der Waals surface area contributed by atoms with Gasteiger partial charge in [-0.05, 0) is 35.4 Å². The molecule has 0 aromatic carbocycles. The van der Waals surface area contributed by atoms with Gasteiger partial charge in [0, 0.05) is 31.0 Å². The zero-order valence-corrected chi connectivity index (χ0v) is 10.1. The molecule has 0 saturated carbocycles. The highest BCUT2D eigenvalue weighted by atomic mass is 32.1. The molecule has 0 aliphatic heterocycles. The Morgan fingerprint density at radius 3 is 3.00 bits per heavy atom. The highest BCUT2D eigenvalue weighted by Crippen LogP contribution is 2.14. The van der Waals surface area contributed by atoms with Crippen molar-refractivity contribution in [2.24, 2.45) is 0 Å². The summed E-state index contributed by atoms with van der Waals surface area (Å²) in [5, 5.41) is 10.8. The second kappa shape index (κ2) is 5.51. The van der Waals surface area contributed by atoms with Gasteiger partial charge in [0.1, 0.15) is 5.82 Å². The molecule has 2 heterocycles. The molecule has 2 aromatic rings. The first-order valence-electron chi connectivity index (χ1n) is 5.33. The molecular formula is C12H15N3S. The number of hydrogen-bond donors (Lipinski definition) is 2. The topological polar surface area (TPSA) is 37.0 Å². The first kappa shape index (κ1) is 11.0. The molecule has 4 heteroatoms. The summed E-state index contributed by atoms with van der Waals surface area (Å²) >= 11 is 1.72. The molecule has 0 unspecified atom stereocenters. The van der Waals surface area contributed by atoms with Crippen molar-refractivity contribution < 1.29 is 0 Å². The van der Waals surface area contributed by atoms with Gasteiger partial charge < -0.3 is 10.6 Å². The second-order valence-corrected chi connectivity index (χ2v) is 4.23. The normalized spacial score (nSPS) is 10.1. The van der Waals surface area contributed by atoms with Crippen molar-refractivity contribution in [3.63, 3.8) is 0 Å². The molecule has 0 fully saturated rings. The molecule has 3 nitrogen and oxygen atoms in total. The molecular weight excluding hydrogens is 218 g/mol. The monoisotopic (exact) mass is 233 g/mol. The fraction of sp³-hybridized carbons (Fsp3) is 0.250. The molecule has 0 atom stereocenters. The molecule has 16 heavy (non-hydrogen) atoms. The smallest absolute Gasteiger partial charge is 0.127 e. The average molecular weight is 233 g/mol. The van der Waals surface area contributed by atoms with Crippen LogP contribution in [0.15, 0.2) is 35.2 Å². The van der Waals surface area contributed by atoms with E-state index in [0.29, 0.717) is 0 Å². The van der Waals surface area contributed by atoms with Gasteiger partial charge in [-0.2, -0.15) is 11.3 Å². The van der Waals surface area contributed by atoms with Gasteiger partial charge in [0.15, 0.2) is 0 Å². The van der Waals surface area contributed by atoms with Crippen LogP contribution in [0.25, 0.3) is 0 Å². The van der Waals surface area contributed by atoms with Crippen molar-refractivity contribution in [1.29, 1.82) is 0 Å². The van der Waals surface area contributed by atoms with E-state index in [9.17, 15) is 0 Å². The van der Waals surface area contributed by atoms with E-state index in [4.69, 9.17) is 0 Å². The third-order valence-electron chi connectivity index (χ3n) is 2.19. The lowest BCUT2D eigenvalue weighted by molar-refractivity contribution is 1.13. The maximum atomic E-state index is 4.23. The largest absolute Gasteiger partial charge is 0.381 e. The van der Waals surface area contributed by atoms with Crippen LogP contribution in [0, 0.1) is 0 Å². The number of nitrogens with zero attached hydrogens (tertiary/aromatic N) is 1. The molecule has 0 amide bonds. The van der Waals surface area contributed by atoms with Gasteiger partial charge in [-0.25, -0.2) is 4.98 Å². The van der Waals surface area contributed by atoms with Crippen LogP contribution in [0.4, 0.5) is 11.5 Å². The third kappa shape index (κ3) is 2.97. The van der Waals surface area contributed by atoms with Gasteiger partial charge in [-0.3, -0.25) is 0 Å². The van der Waals surface area contributed by atoms with E-state index in [2.05, 4.69) is 39.4 Å². The first-order chi connectivity index (χ1) is 7.88. The Morgan fingerprint density at radius 1 is 1.31 bits per heavy atom. The molecule has 0 aliphatic rings. The van der Waals surface area contributed by atoms with Crippen molar-refractivity contribution in [3.05, 3.63) is 40.7 Å². The number of rotatable bonds is 5. The number of aromatic nitrogens is 1. The summed E-state index contributed by atoms with van der Waals surface area (Å²) in [6, 6.07) is 6.13. The van der Waals surface area contributed by atoms with Crippen molar-refractivity contribution in [1.82, 2.24) is 4.98 Å². The Morgan fingerprint density at radius 2 is 2.25 bits per heavy atom. The fourth-order valence-corrected chi connectivity index (χ4v) is 2.08. The zero-order valence-electron chi connectivity index (χ0n) is 9.23. The third-order valence-corrected chi connectivity index (χ3v) is 2.93. The Hall–Kier alpha value is -1.55.